The quantitative estimate of drug-likeness (QED) is 0.169. The molecule has 0 atom stereocenters. The average molecular weight is 642 g/mol. The molecule has 1 fully saturated rings. The van der Waals surface area contributed by atoms with Crippen molar-refractivity contribution in [3.05, 3.63) is 54.6 Å². The zero-order valence-corrected chi connectivity index (χ0v) is 28.7. The molecule has 5 rings (SSSR count). The summed E-state index contributed by atoms with van der Waals surface area (Å²) >= 11 is 0. The molecular formula is C35H47N9O3. The van der Waals surface area contributed by atoms with Gasteiger partial charge < -0.3 is 9.47 Å². The van der Waals surface area contributed by atoms with Crippen LogP contribution in [0.15, 0.2) is 43.2 Å². The number of rotatable bonds is 12. The highest BCUT2D eigenvalue weighted by Gasteiger charge is 2.32. The summed E-state index contributed by atoms with van der Waals surface area (Å²) in [7, 11) is 3.17. The van der Waals surface area contributed by atoms with Crippen LogP contribution in [-0.4, -0.2) is 72.5 Å². The minimum atomic E-state index is -0.115. The summed E-state index contributed by atoms with van der Waals surface area (Å²) < 4.78 is 12.2. The maximum absolute atomic E-state index is 13.6. The van der Waals surface area contributed by atoms with E-state index in [1.807, 2.05) is 28.0 Å². The van der Waals surface area contributed by atoms with Crippen molar-refractivity contribution >= 4 is 11.7 Å². The summed E-state index contributed by atoms with van der Waals surface area (Å²) in [6.07, 6.45) is 16.1. The Kier molecular flexibility index (Phi) is 10.9. The SMILES string of the molecule is COCCCC(=O)N(c1cnc(-c2cnc(OC)nc2)cn1)C1CCC(Cc2ncc(C(C)(C)C)c(-c3ccn(C(C)C)n3)n2)CC1. The lowest BCUT2D eigenvalue weighted by Crippen LogP contribution is -2.43. The molecule has 0 aliphatic heterocycles. The number of nitrogens with zero attached hydrogens (tertiary/aromatic N) is 9. The number of hydrogen-bond donors (Lipinski definition) is 0. The van der Waals surface area contributed by atoms with Gasteiger partial charge in [0.15, 0.2) is 5.82 Å². The van der Waals surface area contributed by atoms with Crippen LogP contribution in [-0.2, 0) is 21.4 Å². The van der Waals surface area contributed by atoms with Gasteiger partial charge in [0, 0.05) is 74.6 Å². The standard InChI is InChI=1S/C35H47N9O3/c1-23(2)43-15-14-28(42-43)33-27(35(3,4)5)20-37-30(41-33)17-24-10-12-26(13-11-24)44(32(45)9-8-16-46-6)31-22-36-29(21-38-31)25-18-39-34(47-7)40-19-25/h14-15,18-24,26H,8-13,16-17H2,1-7H3. The lowest BCUT2D eigenvalue weighted by Gasteiger charge is -2.36. The molecular weight excluding hydrogens is 594 g/mol. The Morgan fingerprint density at radius 2 is 1.70 bits per heavy atom. The van der Waals surface area contributed by atoms with Crippen molar-refractivity contribution in [3.8, 4) is 28.7 Å². The van der Waals surface area contributed by atoms with Crippen LogP contribution < -0.4 is 9.64 Å². The van der Waals surface area contributed by atoms with E-state index >= 15 is 0 Å². The highest BCUT2D eigenvalue weighted by atomic mass is 16.5. The molecule has 250 valence electrons. The Morgan fingerprint density at radius 3 is 2.30 bits per heavy atom. The molecule has 0 unspecified atom stereocenters. The van der Waals surface area contributed by atoms with Crippen LogP contribution in [0.2, 0.25) is 0 Å². The fraction of sp³-hybridized carbons (Fsp3) is 0.543. The molecule has 0 spiro atoms. The third-order valence-electron chi connectivity index (χ3n) is 8.68. The second-order valence-corrected chi connectivity index (χ2v) is 13.5. The summed E-state index contributed by atoms with van der Waals surface area (Å²) in [5.74, 6) is 1.85. The van der Waals surface area contributed by atoms with E-state index in [4.69, 9.17) is 24.5 Å². The molecule has 12 nitrogen and oxygen atoms in total. The van der Waals surface area contributed by atoms with Gasteiger partial charge in [-0.3, -0.25) is 19.4 Å². The van der Waals surface area contributed by atoms with Crippen molar-refractivity contribution in [2.24, 2.45) is 5.92 Å². The Balaban J connectivity index is 1.30. The Hall–Kier alpha value is -4.32. The lowest BCUT2D eigenvalue weighted by molar-refractivity contribution is -0.119. The van der Waals surface area contributed by atoms with Gasteiger partial charge in [0.25, 0.3) is 0 Å². The van der Waals surface area contributed by atoms with Crippen LogP contribution in [0.4, 0.5) is 5.82 Å². The van der Waals surface area contributed by atoms with Gasteiger partial charge in [-0.25, -0.2) is 24.9 Å². The van der Waals surface area contributed by atoms with Gasteiger partial charge in [-0.15, -0.1) is 0 Å². The predicted octanol–water partition coefficient (Wildman–Crippen LogP) is 6.04. The third kappa shape index (κ3) is 8.34. The molecule has 12 heteroatoms. The van der Waals surface area contributed by atoms with E-state index in [9.17, 15) is 4.79 Å². The molecule has 0 saturated heterocycles. The van der Waals surface area contributed by atoms with Gasteiger partial charge >= 0.3 is 6.01 Å². The van der Waals surface area contributed by atoms with Gasteiger partial charge in [-0.05, 0) is 63.4 Å². The van der Waals surface area contributed by atoms with Gasteiger partial charge in [-0.2, -0.15) is 5.10 Å². The number of anilines is 1. The normalized spacial score (nSPS) is 16.8. The van der Waals surface area contributed by atoms with Crippen LogP contribution in [0.25, 0.3) is 22.6 Å². The van der Waals surface area contributed by atoms with E-state index in [2.05, 4.69) is 54.6 Å². The number of amides is 1. The molecule has 1 aliphatic carbocycles. The summed E-state index contributed by atoms with van der Waals surface area (Å²) in [6.45, 7) is 11.3. The minimum Gasteiger partial charge on any atom is -0.467 e. The molecule has 1 amide bonds. The minimum absolute atomic E-state index is 0.0329. The molecule has 4 aromatic heterocycles. The van der Waals surface area contributed by atoms with E-state index in [1.165, 1.54) is 7.11 Å². The summed E-state index contributed by atoms with van der Waals surface area (Å²) in [5, 5.41) is 4.83. The molecule has 0 aromatic carbocycles. The van der Waals surface area contributed by atoms with E-state index in [-0.39, 0.29) is 29.4 Å². The molecule has 4 heterocycles. The van der Waals surface area contributed by atoms with E-state index in [1.54, 1.807) is 31.9 Å². The summed E-state index contributed by atoms with van der Waals surface area (Å²) in [6, 6.07) is 2.64. The maximum atomic E-state index is 13.6. The monoisotopic (exact) mass is 641 g/mol. The maximum Gasteiger partial charge on any atom is 0.316 e. The smallest absolute Gasteiger partial charge is 0.316 e. The fourth-order valence-electron chi connectivity index (χ4n) is 6.03. The molecule has 0 N–H and O–H groups in total. The van der Waals surface area contributed by atoms with Crippen LogP contribution >= 0.6 is 0 Å². The number of hydrogen-bond acceptors (Lipinski definition) is 10. The predicted molar refractivity (Wildman–Crippen MR) is 180 cm³/mol. The second kappa shape index (κ2) is 15.1. The van der Waals surface area contributed by atoms with Crippen molar-refractivity contribution in [3.63, 3.8) is 0 Å². The van der Waals surface area contributed by atoms with Gasteiger partial charge in [-0.1, -0.05) is 20.8 Å². The second-order valence-electron chi connectivity index (χ2n) is 13.5. The first-order chi connectivity index (χ1) is 22.6. The molecule has 1 saturated carbocycles. The van der Waals surface area contributed by atoms with E-state index < -0.39 is 0 Å². The Bertz CT molecular complexity index is 1610. The van der Waals surface area contributed by atoms with Crippen molar-refractivity contribution in [1.82, 2.24) is 39.7 Å². The molecule has 1 aliphatic rings. The highest BCUT2D eigenvalue weighted by Crippen LogP contribution is 2.34. The van der Waals surface area contributed by atoms with Crippen molar-refractivity contribution < 1.29 is 14.3 Å². The van der Waals surface area contributed by atoms with Crippen LogP contribution in [0.1, 0.15) is 90.6 Å². The van der Waals surface area contributed by atoms with Crippen molar-refractivity contribution in [2.45, 2.75) is 97.1 Å². The summed E-state index contributed by atoms with van der Waals surface area (Å²) in [4.78, 5) is 43.0. The number of carbonyl (C=O) groups is 1. The van der Waals surface area contributed by atoms with Crippen LogP contribution in [0.5, 0.6) is 6.01 Å². The Morgan fingerprint density at radius 1 is 0.957 bits per heavy atom. The first-order valence-corrected chi connectivity index (χ1v) is 16.5. The fourth-order valence-corrected chi connectivity index (χ4v) is 6.03. The molecule has 0 radical (unpaired) electrons. The molecule has 47 heavy (non-hydrogen) atoms. The zero-order chi connectivity index (χ0) is 33.6. The number of ether oxygens (including phenoxy) is 2. The number of methoxy groups -OCH3 is 2. The van der Waals surface area contributed by atoms with Gasteiger partial charge in [0.05, 0.1) is 30.9 Å². The highest BCUT2D eigenvalue weighted by molar-refractivity contribution is 5.93. The van der Waals surface area contributed by atoms with E-state index in [0.29, 0.717) is 36.9 Å². The topological polar surface area (TPSA) is 134 Å². The Labute approximate surface area is 277 Å². The summed E-state index contributed by atoms with van der Waals surface area (Å²) in [5.41, 5.74) is 4.11. The average Bonchev–Trinajstić information content (AvgIpc) is 3.57. The van der Waals surface area contributed by atoms with Gasteiger partial charge in [0.1, 0.15) is 11.5 Å². The third-order valence-corrected chi connectivity index (χ3v) is 8.68. The van der Waals surface area contributed by atoms with Crippen molar-refractivity contribution in [2.75, 3.05) is 25.7 Å². The molecule has 4 aromatic rings. The largest absolute Gasteiger partial charge is 0.467 e. The number of carbonyl (C=O) groups excluding carboxylic acids is 1. The number of aromatic nitrogens is 8. The van der Waals surface area contributed by atoms with Crippen LogP contribution in [0.3, 0.4) is 0 Å². The lowest BCUT2D eigenvalue weighted by atomic mass is 9.82. The van der Waals surface area contributed by atoms with Crippen LogP contribution in [0, 0.1) is 5.92 Å². The zero-order valence-electron chi connectivity index (χ0n) is 28.7. The van der Waals surface area contributed by atoms with E-state index in [0.717, 1.165) is 60.4 Å². The molecule has 0 bridgehead atoms. The van der Waals surface area contributed by atoms with Gasteiger partial charge in [0.2, 0.25) is 5.91 Å². The first kappa shape index (κ1) is 34.0. The first-order valence-electron chi connectivity index (χ1n) is 16.5. The van der Waals surface area contributed by atoms with Crippen molar-refractivity contribution in [1.29, 1.82) is 0 Å².